The van der Waals surface area contributed by atoms with Gasteiger partial charge in [-0.3, -0.25) is 0 Å². The fourth-order valence-electron chi connectivity index (χ4n) is 4.01. The average Bonchev–Trinajstić information content (AvgIpc) is 3.22. The zero-order valence-electron chi connectivity index (χ0n) is 19.3. The van der Waals surface area contributed by atoms with E-state index in [-0.39, 0.29) is 25.1 Å². The van der Waals surface area contributed by atoms with Crippen LogP contribution in [0.15, 0.2) is 36.4 Å². The van der Waals surface area contributed by atoms with Crippen molar-refractivity contribution in [2.24, 2.45) is 0 Å². The van der Waals surface area contributed by atoms with E-state index in [0.717, 1.165) is 47.1 Å². The average molecular weight is 501 g/mol. The number of nitriles is 1. The van der Waals surface area contributed by atoms with Crippen molar-refractivity contribution in [3.05, 3.63) is 53.1 Å². The van der Waals surface area contributed by atoms with Gasteiger partial charge in [0.15, 0.2) is 0 Å². The number of ether oxygens (including phenoxy) is 1. The van der Waals surface area contributed by atoms with Crippen molar-refractivity contribution >= 4 is 23.7 Å². The summed E-state index contributed by atoms with van der Waals surface area (Å²) in [5, 5.41) is 38.8. The van der Waals surface area contributed by atoms with Gasteiger partial charge in [0.2, 0.25) is 0 Å². The third-order valence-corrected chi connectivity index (χ3v) is 6.68. The first kappa shape index (κ1) is 26.1. The number of fused-ring (bicyclic) bond motifs is 1. The number of halogens is 1. The molecule has 3 aromatic rings. The van der Waals surface area contributed by atoms with E-state index < -0.39 is 6.10 Å². The molecule has 0 bridgehead atoms. The van der Waals surface area contributed by atoms with Gasteiger partial charge in [0, 0.05) is 30.8 Å². The standard InChI is InChI=1S/C25H28N4O3S.ClH/c1-16(2)32-23-6-5-20(12-21(23)13-26)25-28-27-24(33-25)19-4-3-17-7-9-29(14-22(31)15-30)10-8-18(17)11-19;/h3-6,11-12,16,22,30-31H,7-10,14-15H2,1-2H3;1H/t22-;/m0./s1. The maximum atomic E-state index is 9.76. The Balaban J connectivity index is 0.00000324. The van der Waals surface area contributed by atoms with Crippen LogP contribution in [0.5, 0.6) is 5.75 Å². The van der Waals surface area contributed by atoms with Gasteiger partial charge in [-0.15, -0.1) is 22.6 Å². The van der Waals surface area contributed by atoms with Crippen molar-refractivity contribution < 1.29 is 14.9 Å². The SMILES string of the molecule is CC(C)Oc1ccc(-c2nnc(-c3ccc4c(c3)CCN(C[C@H](O)CO)CC4)s2)cc1C#N.Cl. The summed E-state index contributed by atoms with van der Waals surface area (Å²) >= 11 is 1.50. The van der Waals surface area contributed by atoms with E-state index in [1.165, 1.54) is 22.5 Å². The molecule has 34 heavy (non-hydrogen) atoms. The molecule has 0 saturated heterocycles. The molecule has 0 amide bonds. The fraction of sp³-hybridized carbons (Fsp3) is 0.400. The summed E-state index contributed by atoms with van der Waals surface area (Å²) in [6, 6.07) is 14.2. The number of rotatable bonds is 7. The van der Waals surface area contributed by atoms with Gasteiger partial charge in [-0.1, -0.05) is 23.5 Å². The normalized spacial score (nSPS) is 14.6. The molecule has 0 fully saturated rings. The van der Waals surface area contributed by atoms with Crippen LogP contribution in [-0.4, -0.2) is 63.8 Å². The number of β-amino-alcohol motifs (C(OH)–C–C–N with tert-alkyl or cyclic N) is 1. The summed E-state index contributed by atoms with van der Waals surface area (Å²) in [5.74, 6) is 0.576. The molecule has 2 aromatic carbocycles. The van der Waals surface area contributed by atoms with Crippen molar-refractivity contribution in [3.63, 3.8) is 0 Å². The summed E-state index contributed by atoms with van der Waals surface area (Å²) in [6.45, 7) is 5.85. The lowest BCUT2D eigenvalue weighted by atomic mass is 10.0. The lowest BCUT2D eigenvalue weighted by Crippen LogP contribution is -2.35. The molecule has 180 valence electrons. The van der Waals surface area contributed by atoms with Crippen LogP contribution in [0.2, 0.25) is 0 Å². The molecule has 4 rings (SSSR count). The smallest absolute Gasteiger partial charge is 0.148 e. The number of benzene rings is 2. The van der Waals surface area contributed by atoms with Gasteiger partial charge in [0.05, 0.1) is 24.4 Å². The van der Waals surface area contributed by atoms with Crippen molar-refractivity contribution in [1.29, 1.82) is 5.26 Å². The van der Waals surface area contributed by atoms with Crippen LogP contribution in [0.25, 0.3) is 21.1 Å². The minimum atomic E-state index is -0.700. The second-order valence-corrected chi connectivity index (χ2v) is 9.50. The molecule has 0 aliphatic carbocycles. The van der Waals surface area contributed by atoms with E-state index >= 15 is 0 Å². The number of aliphatic hydroxyl groups is 2. The number of aliphatic hydroxyl groups excluding tert-OH is 2. The summed E-state index contributed by atoms with van der Waals surface area (Å²) < 4.78 is 5.71. The second kappa shape index (κ2) is 11.7. The molecule has 2 N–H and O–H groups in total. The Labute approximate surface area is 210 Å². The number of hydrogen-bond donors (Lipinski definition) is 2. The zero-order chi connectivity index (χ0) is 23.4. The van der Waals surface area contributed by atoms with Crippen molar-refractivity contribution in [3.8, 4) is 33.0 Å². The zero-order valence-corrected chi connectivity index (χ0v) is 20.9. The van der Waals surface area contributed by atoms with Gasteiger partial charge in [-0.05, 0) is 62.1 Å². The first-order chi connectivity index (χ1) is 16.0. The largest absolute Gasteiger partial charge is 0.490 e. The van der Waals surface area contributed by atoms with Crippen LogP contribution in [0.4, 0.5) is 0 Å². The Hall–Kier alpha value is -2.54. The molecule has 7 nitrogen and oxygen atoms in total. The molecule has 9 heteroatoms. The van der Waals surface area contributed by atoms with E-state index in [2.05, 4.69) is 39.4 Å². The molecule has 0 radical (unpaired) electrons. The summed E-state index contributed by atoms with van der Waals surface area (Å²) in [5.41, 5.74) is 4.95. The monoisotopic (exact) mass is 500 g/mol. The Morgan fingerprint density at radius 3 is 2.35 bits per heavy atom. The lowest BCUT2D eigenvalue weighted by Gasteiger charge is -2.21. The van der Waals surface area contributed by atoms with Crippen molar-refractivity contribution in [2.75, 3.05) is 26.2 Å². The molecule has 2 heterocycles. The first-order valence-corrected chi connectivity index (χ1v) is 12.0. The number of aromatic nitrogens is 2. The van der Waals surface area contributed by atoms with Gasteiger partial charge in [-0.25, -0.2) is 0 Å². The van der Waals surface area contributed by atoms with Crippen LogP contribution in [-0.2, 0) is 12.8 Å². The third-order valence-electron chi connectivity index (χ3n) is 5.66. The molecular formula is C25H29ClN4O3S. The summed E-state index contributed by atoms with van der Waals surface area (Å²) in [6.07, 6.45) is 1.09. The van der Waals surface area contributed by atoms with Crippen LogP contribution < -0.4 is 4.74 Å². The predicted octanol–water partition coefficient (Wildman–Crippen LogP) is 3.71. The quantitative estimate of drug-likeness (QED) is 0.509. The van der Waals surface area contributed by atoms with Gasteiger partial charge in [0.25, 0.3) is 0 Å². The molecular weight excluding hydrogens is 472 g/mol. The van der Waals surface area contributed by atoms with Crippen LogP contribution in [0.3, 0.4) is 0 Å². The molecule has 0 spiro atoms. The fourth-order valence-corrected chi connectivity index (χ4v) is 4.84. The van der Waals surface area contributed by atoms with E-state index in [1.807, 2.05) is 26.0 Å². The molecule has 0 unspecified atom stereocenters. The van der Waals surface area contributed by atoms with E-state index in [9.17, 15) is 10.4 Å². The summed E-state index contributed by atoms with van der Waals surface area (Å²) in [4.78, 5) is 2.20. The minimum Gasteiger partial charge on any atom is -0.490 e. The van der Waals surface area contributed by atoms with Crippen molar-refractivity contribution in [2.45, 2.75) is 38.9 Å². The molecule has 1 aliphatic heterocycles. The van der Waals surface area contributed by atoms with E-state index in [0.29, 0.717) is 17.9 Å². The maximum Gasteiger partial charge on any atom is 0.148 e. The Kier molecular flexibility index (Phi) is 9.00. The molecule has 0 saturated carbocycles. The molecule has 1 atom stereocenters. The minimum absolute atomic E-state index is 0. The Bertz CT molecular complexity index is 1160. The van der Waals surface area contributed by atoms with Crippen LogP contribution in [0.1, 0.15) is 30.5 Å². The highest BCUT2D eigenvalue weighted by molar-refractivity contribution is 7.17. The van der Waals surface area contributed by atoms with Gasteiger partial charge < -0.3 is 19.8 Å². The number of nitrogens with zero attached hydrogens (tertiary/aromatic N) is 4. The third kappa shape index (κ3) is 6.12. The van der Waals surface area contributed by atoms with E-state index in [4.69, 9.17) is 9.84 Å². The van der Waals surface area contributed by atoms with Crippen LogP contribution in [0, 0.1) is 11.3 Å². The van der Waals surface area contributed by atoms with E-state index in [1.54, 1.807) is 6.07 Å². The van der Waals surface area contributed by atoms with Gasteiger partial charge >= 0.3 is 0 Å². The summed E-state index contributed by atoms with van der Waals surface area (Å²) in [7, 11) is 0. The Morgan fingerprint density at radius 2 is 1.71 bits per heavy atom. The highest BCUT2D eigenvalue weighted by Gasteiger charge is 2.18. The molecule has 1 aromatic heterocycles. The number of hydrogen-bond acceptors (Lipinski definition) is 8. The second-order valence-electron chi connectivity index (χ2n) is 8.52. The van der Waals surface area contributed by atoms with Gasteiger partial charge in [-0.2, -0.15) is 5.26 Å². The van der Waals surface area contributed by atoms with Gasteiger partial charge in [0.1, 0.15) is 21.8 Å². The van der Waals surface area contributed by atoms with Crippen molar-refractivity contribution in [1.82, 2.24) is 15.1 Å². The molecule has 1 aliphatic rings. The highest BCUT2D eigenvalue weighted by Crippen LogP contribution is 2.33. The predicted molar refractivity (Wildman–Crippen MR) is 135 cm³/mol. The highest BCUT2D eigenvalue weighted by atomic mass is 35.5. The first-order valence-electron chi connectivity index (χ1n) is 11.1. The Morgan fingerprint density at radius 1 is 1.06 bits per heavy atom. The topological polar surface area (TPSA) is 102 Å². The maximum absolute atomic E-state index is 9.76. The van der Waals surface area contributed by atoms with Crippen LogP contribution >= 0.6 is 23.7 Å². The lowest BCUT2D eigenvalue weighted by molar-refractivity contribution is 0.0605.